The summed E-state index contributed by atoms with van der Waals surface area (Å²) < 4.78 is 13.9. The van der Waals surface area contributed by atoms with E-state index in [0.29, 0.717) is 18.5 Å². The van der Waals surface area contributed by atoms with Gasteiger partial charge in [-0.05, 0) is 38.8 Å². The van der Waals surface area contributed by atoms with E-state index in [1.807, 2.05) is 4.90 Å². The van der Waals surface area contributed by atoms with Crippen LogP contribution in [0.2, 0.25) is 5.02 Å². The summed E-state index contributed by atoms with van der Waals surface area (Å²) in [5.41, 5.74) is -0.477. The van der Waals surface area contributed by atoms with Gasteiger partial charge in [0.25, 0.3) is 0 Å². The van der Waals surface area contributed by atoms with E-state index in [2.05, 4.69) is 0 Å². The Morgan fingerprint density at radius 2 is 2.26 bits per heavy atom. The number of rotatable bonds is 3. The normalized spacial score (nSPS) is 24.4. The molecule has 1 unspecified atom stereocenters. The Hall–Kier alpha value is -1.13. The lowest BCUT2D eigenvalue weighted by molar-refractivity contribution is -0.153. The molecule has 0 aliphatic carbocycles. The molecule has 19 heavy (non-hydrogen) atoms. The van der Waals surface area contributed by atoms with Gasteiger partial charge in [-0.2, -0.15) is 0 Å². The van der Waals surface area contributed by atoms with Gasteiger partial charge in [0.15, 0.2) is 0 Å². The number of piperidine rings is 1. The first kappa shape index (κ1) is 14.3. The molecule has 0 bridgehead atoms. The third-order valence-electron chi connectivity index (χ3n) is 3.89. The summed E-state index contributed by atoms with van der Waals surface area (Å²) in [5, 5.41) is 9.48. The van der Waals surface area contributed by atoms with Crippen molar-refractivity contribution in [1.82, 2.24) is 4.90 Å². The van der Waals surface area contributed by atoms with Gasteiger partial charge in [-0.25, -0.2) is 4.39 Å². The minimum Gasteiger partial charge on any atom is -0.480 e. The van der Waals surface area contributed by atoms with E-state index in [1.165, 1.54) is 6.07 Å². The average molecular weight is 286 g/mol. The molecule has 0 amide bonds. The molecule has 0 aromatic heterocycles. The summed E-state index contributed by atoms with van der Waals surface area (Å²) in [6.07, 6.45) is 2.41. The average Bonchev–Trinajstić information content (AvgIpc) is 2.37. The Labute approximate surface area is 117 Å². The minimum absolute atomic E-state index is 0.0755. The van der Waals surface area contributed by atoms with E-state index < -0.39 is 17.3 Å². The van der Waals surface area contributed by atoms with E-state index in [-0.39, 0.29) is 11.6 Å². The molecule has 1 aromatic rings. The molecule has 104 valence electrons. The van der Waals surface area contributed by atoms with Crippen molar-refractivity contribution in [1.29, 1.82) is 0 Å². The van der Waals surface area contributed by atoms with Crippen molar-refractivity contribution in [2.75, 3.05) is 6.54 Å². The number of benzene rings is 1. The largest absolute Gasteiger partial charge is 0.480 e. The highest BCUT2D eigenvalue weighted by Crippen LogP contribution is 2.31. The zero-order valence-electron chi connectivity index (χ0n) is 10.8. The molecule has 0 radical (unpaired) electrons. The fourth-order valence-electron chi connectivity index (χ4n) is 2.55. The molecule has 0 spiro atoms. The molecule has 1 N–H and O–H groups in total. The number of carboxylic acid groups (broad SMARTS) is 1. The Bertz CT molecular complexity index is 494. The highest BCUT2D eigenvalue weighted by molar-refractivity contribution is 6.30. The molecule has 1 atom stereocenters. The lowest BCUT2D eigenvalue weighted by Gasteiger charge is -2.41. The van der Waals surface area contributed by atoms with Gasteiger partial charge in [0.05, 0.1) is 5.02 Å². The van der Waals surface area contributed by atoms with Gasteiger partial charge >= 0.3 is 5.97 Å². The van der Waals surface area contributed by atoms with E-state index in [1.54, 1.807) is 19.1 Å². The minimum atomic E-state index is -0.924. The van der Waals surface area contributed by atoms with Crippen LogP contribution in [-0.4, -0.2) is 28.1 Å². The van der Waals surface area contributed by atoms with Crippen LogP contribution in [0.5, 0.6) is 0 Å². The van der Waals surface area contributed by atoms with Crippen LogP contribution in [0.25, 0.3) is 0 Å². The molecule has 0 saturated carbocycles. The number of likely N-dealkylation sites (tertiary alicyclic amines) is 1. The third kappa shape index (κ3) is 2.74. The lowest BCUT2D eigenvalue weighted by Crippen LogP contribution is -2.54. The van der Waals surface area contributed by atoms with Crippen LogP contribution in [0.15, 0.2) is 18.2 Å². The van der Waals surface area contributed by atoms with Crippen LogP contribution in [0.1, 0.15) is 31.7 Å². The molecule has 5 heteroatoms. The maximum absolute atomic E-state index is 13.9. The van der Waals surface area contributed by atoms with Crippen molar-refractivity contribution in [3.05, 3.63) is 34.6 Å². The standard InChI is InChI=1S/C14H17ClFNO2/c1-14(13(18)19)7-2-3-8-17(14)9-10-5-4-6-11(15)12(10)16/h4-6H,2-3,7-9H2,1H3,(H,18,19). The molecule has 1 heterocycles. The van der Waals surface area contributed by atoms with Crippen molar-refractivity contribution in [3.63, 3.8) is 0 Å². The Balaban J connectivity index is 2.25. The zero-order chi connectivity index (χ0) is 14.0. The summed E-state index contributed by atoms with van der Waals surface area (Å²) in [6, 6.07) is 4.83. The summed E-state index contributed by atoms with van der Waals surface area (Å²) in [6.45, 7) is 2.64. The van der Waals surface area contributed by atoms with Crippen LogP contribution in [0.3, 0.4) is 0 Å². The fraction of sp³-hybridized carbons (Fsp3) is 0.500. The number of hydrogen-bond donors (Lipinski definition) is 1. The van der Waals surface area contributed by atoms with Crippen LogP contribution < -0.4 is 0 Å². The number of hydrogen-bond acceptors (Lipinski definition) is 2. The van der Waals surface area contributed by atoms with Gasteiger partial charge in [-0.3, -0.25) is 9.69 Å². The summed E-state index contributed by atoms with van der Waals surface area (Å²) >= 11 is 5.76. The molecule has 1 aliphatic rings. The number of halogens is 2. The van der Waals surface area contributed by atoms with Gasteiger partial charge in [0.2, 0.25) is 0 Å². The third-order valence-corrected chi connectivity index (χ3v) is 4.18. The quantitative estimate of drug-likeness (QED) is 0.926. The van der Waals surface area contributed by atoms with Gasteiger partial charge in [0, 0.05) is 12.1 Å². The van der Waals surface area contributed by atoms with E-state index in [9.17, 15) is 14.3 Å². The maximum Gasteiger partial charge on any atom is 0.323 e. The monoisotopic (exact) mass is 285 g/mol. The van der Waals surface area contributed by atoms with Gasteiger partial charge < -0.3 is 5.11 Å². The summed E-state index contributed by atoms with van der Waals surface area (Å²) in [5.74, 6) is -1.31. The van der Waals surface area contributed by atoms with Crippen LogP contribution in [0, 0.1) is 5.82 Å². The number of carbonyl (C=O) groups is 1. The fourth-order valence-corrected chi connectivity index (χ4v) is 2.74. The molecule has 3 nitrogen and oxygen atoms in total. The highest BCUT2D eigenvalue weighted by Gasteiger charge is 2.41. The summed E-state index contributed by atoms with van der Waals surface area (Å²) in [4.78, 5) is 13.3. The lowest BCUT2D eigenvalue weighted by atomic mass is 9.88. The van der Waals surface area contributed by atoms with Crippen molar-refractivity contribution >= 4 is 17.6 Å². The first-order valence-corrected chi connectivity index (χ1v) is 6.74. The van der Waals surface area contributed by atoms with Crippen LogP contribution in [-0.2, 0) is 11.3 Å². The predicted octanol–water partition coefficient (Wildman–Crippen LogP) is 3.31. The predicted molar refractivity (Wildman–Crippen MR) is 71.7 cm³/mol. The first-order valence-electron chi connectivity index (χ1n) is 6.36. The zero-order valence-corrected chi connectivity index (χ0v) is 11.6. The number of nitrogens with zero attached hydrogens (tertiary/aromatic N) is 1. The van der Waals surface area contributed by atoms with Gasteiger partial charge in [-0.15, -0.1) is 0 Å². The van der Waals surface area contributed by atoms with E-state index in [0.717, 1.165) is 12.8 Å². The Morgan fingerprint density at radius 1 is 1.53 bits per heavy atom. The van der Waals surface area contributed by atoms with E-state index >= 15 is 0 Å². The van der Waals surface area contributed by atoms with E-state index in [4.69, 9.17) is 11.6 Å². The maximum atomic E-state index is 13.9. The Morgan fingerprint density at radius 3 is 2.95 bits per heavy atom. The molecular weight excluding hydrogens is 269 g/mol. The van der Waals surface area contributed by atoms with Crippen molar-refractivity contribution in [3.8, 4) is 0 Å². The second-order valence-electron chi connectivity index (χ2n) is 5.17. The second kappa shape index (κ2) is 5.47. The van der Waals surface area contributed by atoms with Crippen molar-refractivity contribution in [2.24, 2.45) is 0 Å². The number of carboxylic acids is 1. The molecule has 1 saturated heterocycles. The molecule has 1 fully saturated rings. The van der Waals surface area contributed by atoms with Gasteiger partial charge in [0.1, 0.15) is 11.4 Å². The SMILES string of the molecule is CC1(C(=O)O)CCCCN1Cc1cccc(Cl)c1F. The highest BCUT2D eigenvalue weighted by atomic mass is 35.5. The van der Waals surface area contributed by atoms with Crippen molar-refractivity contribution in [2.45, 2.75) is 38.3 Å². The Kier molecular flexibility index (Phi) is 4.11. The van der Waals surface area contributed by atoms with Crippen LogP contribution in [0.4, 0.5) is 4.39 Å². The van der Waals surface area contributed by atoms with Crippen molar-refractivity contribution < 1.29 is 14.3 Å². The second-order valence-corrected chi connectivity index (χ2v) is 5.58. The molecule has 1 aliphatic heterocycles. The molecular formula is C14H17ClFNO2. The number of aliphatic carboxylic acids is 1. The van der Waals surface area contributed by atoms with Gasteiger partial charge in [-0.1, -0.05) is 23.7 Å². The molecule has 2 rings (SSSR count). The first-order chi connectivity index (χ1) is 8.95. The van der Waals surface area contributed by atoms with Crippen LogP contribution >= 0.6 is 11.6 Å². The molecule has 1 aromatic carbocycles. The summed E-state index contributed by atoms with van der Waals surface area (Å²) in [7, 11) is 0. The topological polar surface area (TPSA) is 40.5 Å². The smallest absolute Gasteiger partial charge is 0.323 e.